The van der Waals surface area contributed by atoms with Gasteiger partial charge in [0.1, 0.15) is 16.8 Å². The van der Waals surface area contributed by atoms with Crippen molar-refractivity contribution in [2.75, 3.05) is 26.0 Å². The first-order valence-electron chi connectivity index (χ1n) is 8.09. The Hall–Kier alpha value is -2.30. The Morgan fingerprint density at radius 3 is 3.12 bits per heavy atom. The van der Waals surface area contributed by atoms with Crippen LogP contribution >= 0.6 is 11.8 Å². The molecule has 1 aliphatic rings. The Morgan fingerprint density at radius 1 is 1.52 bits per heavy atom. The third-order valence-electron chi connectivity index (χ3n) is 4.00. The molecule has 2 heterocycles. The maximum atomic E-state index is 12.0. The molecule has 3 rings (SSSR count). The number of pyridine rings is 1. The fraction of sp³-hybridized carbons (Fsp3) is 0.389. The summed E-state index contributed by atoms with van der Waals surface area (Å²) in [6, 6.07) is 9.45. The highest BCUT2D eigenvalue weighted by Crippen LogP contribution is 2.26. The summed E-state index contributed by atoms with van der Waals surface area (Å²) < 4.78 is 10.7. The van der Waals surface area contributed by atoms with Gasteiger partial charge < -0.3 is 14.8 Å². The lowest BCUT2D eigenvalue weighted by Crippen LogP contribution is -2.32. The van der Waals surface area contributed by atoms with Crippen molar-refractivity contribution >= 4 is 28.6 Å². The van der Waals surface area contributed by atoms with Crippen molar-refractivity contribution in [1.82, 2.24) is 10.3 Å². The molecule has 1 N–H and O–H groups in total. The maximum Gasteiger partial charge on any atom is 0.230 e. The van der Waals surface area contributed by atoms with Crippen molar-refractivity contribution < 1.29 is 14.3 Å². The average Bonchev–Trinajstić information content (AvgIpc) is 3.16. The van der Waals surface area contributed by atoms with Gasteiger partial charge in [-0.2, -0.15) is 5.26 Å². The molecule has 1 amide bonds. The molecule has 130 valence electrons. The molecule has 6 nitrogen and oxygen atoms in total. The van der Waals surface area contributed by atoms with Gasteiger partial charge in [0.05, 0.1) is 30.0 Å². The van der Waals surface area contributed by atoms with Crippen molar-refractivity contribution in [1.29, 1.82) is 5.26 Å². The number of hydrogen-bond acceptors (Lipinski definition) is 6. The molecule has 25 heavy (non-hydrogen) atoms. The highest BCUT2D eigenvalue weighted by Gasteiger charge is 2.16. The monoisotopic (exact) mass is 357 g/mol. The predicted molar refractivity (Wildman–Crippen MR) is 95.7 cm³/mol. The lowest BCUT2D eigenvalue weighted by Gasteiger charge is -2.11. The molecule has 0 bridgehead atoms. The van der Waals surface area contributed by atoms with Gasteiger partial charge in [-0.15, -0.1) is 0 Å². The van der Waals surface area contributed by atoms with Crippen LogP contribution in [0.4, 0.5) is 0 Å². The van der Waals surface area contributed by atoms with E-state index in [1.165, 1.54) is 11.8 Å². The molecule has 1 fully saturated rings. The Morgan fingerprint density at radius 2 is 2.40 bits per heavy atom. The third kappa shape index (κ3) is 4.41. The fourth-order valence-corrected chi connectivity index (χ4v) is 3.46. The van der Waals surface area contributed by atoms with Gasteiger partial charge in [0.15, 0.2) is 0 Å². The average molecular weight is 357 g/mol. The number of nitrogens with zero attached hydrogens (tertiary/aromatic N) is 2. The molecule has 1 saturated heterocycles. The van der Waals surface area contributed by atoms with Gasteiger partial charge in [-0.05, 0) is 31.0 Å². The summed E-state index contributed by atoms with van der Waals surface area (Å²) >= 11 is 1.26. The van der Waals surface area contributed by atoms with Gasteiger partial charge in [0, 0.05) is 24.6 Å². The first-order valence-corrected chi connectivity index (χ1v) is 9.08. The SMILES string of the molecule is COc1ccc2cc(C#N)c(SCC(=O)NCC3CCCO3)nc2c1. The van der Waals surface area contributed by atoms with E-state index in [0.717, 1.165) is 30.4 Å². The van der Waals surface area contributed by atoms with E-state index in [-0.39, 0.29) is 17.8 Å². The van der Waals surface area contributed by atoms with Gasteiger partial charge in [0.2, 0.25) is 5.91 Å². The smallest absolute Gasteiger partial charge is 0.230 e. The minimum atomic E-state index is -0.0862. The Bertz CT molecular complexity index is 813. The van der Waals surface area contributed by atoms with Crippen LogP contribution < -0.4 is 10.1 Å². The first kappa shape index (κ1) is 17.5. The number of nitriles is 1. The van der Waals surface area contributed by atoms with Crippen LogP contribution in [0.3, 0.4) is 0 Å². The highest BCUT2D eigenvalue weighted by molar-refractivity contribution is 8.00. The summed E-state index contributed by atoms with van der Waals surface area (Å²) in [5.74, 6) is 0.830. The molecular formula is C18H19N3O3S. The normalized spacial score (nSPS) is 16.6. The fourth-order valence-electron chi connectivity index (χ4n) is 2.66. The Labute approximate surface area is 150 Å². The molecular weight excluding hydrogens is 338 g/mol. The quantitative estimate of drug-likeness (QED) is 0.800. The van der Waals surface area contributed by atoms with Crippen molar-refractivity contribution in [3.05, 3.63) is 29.8 Å². The van der Waals surface area contributed by atoms with Crippen LogP contribution in [0.1, 0.15) is 18.4 Å². The van der Waals surface area contributed by atoms with E-state index in [0.29, 0.717) is 22.9 Å². The number of thioether (sulfide) groups is 1. The number of aromatic nitrogens is 1. The minimum Gasteiger partial charge on any atom is -0.497 e. The number of carbonyl (C=O) groups excluding carboxylic acids is 1. The molecule has 1 aromatic carbocycles. The first-order chi connectivity index (χ1) is 12.2. The Balaban J connectivity index is 1.66. The van der Waals surface area contributed by atoms with Gasteiger partial charge in [0.25, 0.3) is 0 Å². The summed E-state index contributed by atoms with van der Waals surface area (Å²) in [4.78, 5) is 16.5. The number of methoxy groups -OCH3 is 1. The van der Waals surface area contributed by atoms with Crippen molar-refractivity contribution in [2.45, 2.75) is 24.0 Å². The zero-order chi connectivity index (χ0) is 17.6. The van der Waals surface area contributed by atoms with Gasteiger partial charge in [-0.25, -0.2) is 4.98 Å². The van der Waals surface area contributed by atoms with Gasteiger partial charge >= 0.3 is 0 Å². The van der Waals surface area contributed by atoms with Crippen LogP contribution in [-0.2, 0) is 9.53 Å². The van der Waals surface area contributed by atoms with E-state index < -0.39 is 0 Å². The summed E-state index contributed by atoms with van der Waals surface area (Å²) in [6.07, 6.45) is 2.15. The van der Waals surface area contributed by atoms with Gasteiger partial charge in [-0.3, -0.25) is 4.79 Å². The van der Waals surface area contributed by atoms with Crippen LogP contribution in [0.5, 0.6) is 5.75 Å². The molecule has 0 saturated carbocycles. The van der Waals surface area contributed by atoms with Crippen molar-refractivity contribution in [3.63, 3.8) is 0 Å². The molecule has 7 heteroatoms. The standard InChI is InChI=1S/C18H19N3O3S/c1-23-14-5-4-12-7-13(9-19)18(21-16(12)8-14)25-11-17(22)20-10-15-3-2-6-24-15/h4-5,7-8,15H,2-3,6,10-11H2,1H3,(H,20,22). The van der Waals surface area contributed by atoms with Crippen LogP contribution in [0.2, 0.25) is 0 Å². The molecule has 1 aromatic heterocycles. The van der Waals surface area contributed by atoms with Crippen LogP contribution in [0, 0.1) is 11.3 Å². The summed E-state index contributed by atoms with van der Waals surface area (Å²) in [5.41, 5.74) is 1.20. The van der Waals surface area contributed by atoms with Crippen molar-refractivity contribution in [3.8, 4) is 11.8 Å². The molecule has 1 unspecified atom stereocenters. The van der Waals surface area contributed by atoms with E-state index in [2.05, 4.69) is 16.4 Å². The number of rotatable bonds is 6. The number of carbonyl (C=O) groups is 1. The lowest BCUT2D eigenvalue weighted by atomic mass is 10.1. The van der Waals surface area contributed by atoms with E-state index in [4.69, 9.17) is 9.47 Å². The predicted octanol–water partition coefficient (Wildman–Crippen LogP) is 2.50. The second-order valence-corrected chi connectivity index (χ2v) is 6.70. The van der Waals surface area contributed by atoms with Crippen LogP contribution in [0.25, 0.3) is 10.9 Å². The summed E-state index contributed by atoms with van der Waals surface area (Å²) in [7, 11) is 1.60. The number of hydrogen-bond donors (Lipinski definition) is 1. The minimum absolute atomic E-state index is 0.0862. The van der Waals surface area contributed by atoms with Crippen LogP contribution in [0.15, 0.2) is 29.3 Å². The second-order valence-electron chi connectivity index (χ2n) is 5.74. The van der Waals surface area contributed by atoms with E-state index in [1.54, 1.807) is 13.2 Å². The molecule has 1 aliphatic heterocycles. The number of nitrogens with one attached hydrogen (secondary N) is 1. The third-order valence-corrected chi connectivity index (χ3v) is 4.99. The van der Waals surface area contributed by atoms with Crippen molar-refractivity contribution in [2.24, 2.45) is 0 Å². The molecule has 0 spiro atoms. The van der Waals surface area contributed by atoms with Crippen LogP contribution in [-0.4, -0.2) is 43.0 Å². The van der Waals surface area contributed by atoms with E-state index in [1.807, 2.05) is 18.2 Å². The number of amides is 1. The second kappa shape index (κ2) is 8.19. The zero-order valence-electron chi connectivity index (χ0n) is 13.9. The number of ether oxygens (including phenoxy) is 2. The van der Waals surface area contributed by atoms with E-state index in [9.17, 15) is 10.1 Å². The zero-order valence-corrected chi connectivity index (χ0v) is 14.8. The summed E-state index contributed by atoms with van der Waals surface area (Å²) in [5, 5.41) is 13.6. The highest BCUT2D eigenvalue weighted by atomic mass is 32.2. The van der Waals surface area contributed by atoms with Gasteiger partial charge in [-0.1, -0.05) is 11.8 Å². The molecule has 0 radical (unpaired) electrons. The molecule has 1 atom stereocenters. The number of fused-ring (bicyclic) bond motifs is 1. The number of benzene rings is 1. The Kier molecular flexibility index (Phi) is 5.74. The summed E-state index contributed by atoms with van der Waals surface area (Å²) in [6.45, 7) is 1.30. The lowest BCUT2D eigenvalue weighted by molar-refractivity contribution is -0.119. The topological polar surface area (TPSA) is 84.2 Å². The van der Waals surface area contributed by atoms with E-state index >= 15 is 0 Å². The largest absolute Gasteiger partial charge is 0.497 e. The maximum absolute atomic E-state index is 12.0. The molecule has 0 aliphatic carbocycles. The molecule has 2 aromatic rings.